The van der Waals surface area contributed by atoms with E-state index in [2.05, 4.69) is 17.0 Å². The van der Waals surface area contributed by atoms with E-state index in [0.717, 1.165) is 42.3 Å². The summed E-state index contributed by atoms with van der Waals surface area (Å²) in [6.45, 7) is 1.88. The third-order valence-corrected chi connectivity index (χ3v) is 6.08. The normalized spacial score (nSPS) is 18.9. The van der Waals surface area contributed by atoms with Crippen LogP contribution in [-0.2, 0) is 10.8 Å². The predicted octanol–water partition coefficient (Wildman–Crippen LogP) is 3.65. The summed E-state index contributed by atoms with van der Waals surface area (Å²) in [6.07, 6.45) is 2.28. The molecular formula is C20H25NO3S. The zero-order valence-corrected chi connectivity index (χ0v) is 15.6. The first-order chi connectivity index (χ1) is 12.2. The average molecular weight is 359 g/mol. The Morgan fingerprint density at radius 3 is 2.56 bits per heavy atom. The van der Waals surface area contributed by atoms with Gasteiger partial charge in [-0.2, -0.15) is 0 Å². The Balaban J connectivity index is 1.67. The molecule has 4 nitrogen and oxygen atoms in total. The van der Waals surface area contributed by atoms with Gasteiger partial charge in [-0.15, -0.1) is 0 Å². The molecule has 0 radical (unpaired) electrons. The number of nitrogens with zero attached hydrogens (tertiary/aromatic N) is 1. The number of benzene rings is 2. The van der Waals surface area contributed by atoms with Gasteiger partial charge in [0.25, 0.3) is 0 Å². The van der Waals surface area contributed by atoms with Crippen molar-refractivity contribution in [2.45, 2.75) is 23.8 Å². The van der Waals surface area contributed by atoms with E-state index in [1.54, 1.807) is 14.2 Å². The summed E-state index contributed by atoms with van der Waals surface area (Å²) in [4.78, 5) is 3.34. The molecule has 1 saturated heterocycles. The van der Waals surface area contributed by atoms with E-state index in [1.807, 2.05) is 36.4 Å². The van der Waals surface area contributed by atoms with E-state index >= 15 is 0 Å². The molecule has 134 valence electrons. The second-order valence-electron chi connectivity index (χ2n) is 6.17. The van der Waals surface area contributed by atoms with E-state index in [9.17, 15) is 4.21 Å². The number of likely N-dealkylation sites (tertiary alicyclic amines) is 1. The molecule has 2 aromatic rings. The van der Waals surface area contributed by atoms with Gasteiger partial charge in [0, 0.05) is 23.2 Å². The Bertz CT molecular complexity index is 720. The summed E-state index contributed by atoms with van der Waals surface area (Å²) in [5.74, 6) is 2.18. The Morgan fingerprint density at radius 2 is 1.84 bits per heavy atom. The first kappa shape index (κ1) is 18.0. The maximum absolute atomic E-state index is 12.5. The molecular weight excluding hydrogens is 334 g/mol. The summed E-state index contributed by atoms with van der Waals surface area (Å²) >= 11 is 0. The van der Waals surface area contributed by atoms with Crippen molar-refractivity contribution >= 4 is 10.8 Å². The SMILES string of the molecule is COc1ccc([C@@H]2CCCN2CCS(=O)c2ccccc2)cc1OC. The highest BCUT2D eigenvalue weighted by molar-refractivity contribution is 7.85. The van der Waals surface area contributed by atoms with Gasteiger partial charge in [-0.3, -0.25) is 9.11 Å². The minimum Gasteiger partial charge on any atom is -0.493 e. The van der Waals surface area contributed by atoms with Crippen LogP contribution in [-0.4, -0.2) is 42.2 Å². The summed E-state index contributed by atoms with van der Waals surface area (Å²) in [7, 11) is 2.37. The molecule has 0 amide bonds. The van der Waals surface area contributed by atoms with Gasteiger partial charge in [0.2, 0.25) is 0 Å². The molecule has 1 unspecified atom stereocenters. The van der Waals surface area contributed by atoms with Crippen molar-refractivity contribution in [1.82, 2.24) is 4.90 Å². The van der Waals surface area contributed by atoms with Crippen LogP contribution in [0.2, 0.25) is 0 Å². The Morgan fingerprint density at radius 1 is 1.08 bits per heavy atom. The van der Waals surface area contributed by atoms with Crippen LogP contribution in [0.1, 0.15) is 24.4 Å². The van der Waals surface area contributed by atoms with Crippen LogP contribution in [0.3, 0.4) is 0 Å². The zero-order valence-electron chi connectivity index (χ0n) is 14.8. The summed E-state index contributed by atoms with van der Waals surface area (Å²) < 4.78 is 23.2. The lowest BCUT2D eigenvalue weighted by molar-refractivity contribution is 0.272. The number of rotatable bonds is 7. The largest absolute Gasteiger partial charge is 0.493 e. The van der Waals surface area contributed by atoms with Crippen molar-refractivity contribution in [2.24, 2.45) is 0 Å². The van der Waals surface area contributed by atoms with Crippen LogP contribution >= 0.6 is 0 Å². The van der Waals surface area contributed by atoms with Crippen molar-refractivity contribution in [3.8, 4) is 11.5 Å². The van der Waals surface area contributed by atoms with Crippen molar-refractivity contribution < 1.29 is 13.7 Å². The quantitative estimate of drug-likeness (QED) is 0.756. The predicted molar refractivity (Wildman–Crippen MR) is 101 cm³/mol. The fraction of sp³-hybridized carbons (Fsp3) is 0.400. The molecule has 0 spiro atoms. The Hall–Kier alpha value is -1.85. The Kier molecular flexibility index (Phi) is 6.10. The molecule has 0 saturated carbocycles. The first-order valence-electron chi connectivity index (χ1n) is 8.62. The minimum atomic E-state index is -0.948. The monoisotopic (exact) mass is 359 g/mol. The van der Waals surface area contributed by atoms with Crippen LogP contribution in [0, 0.1) is 0 Å². The van der Waals surface area contributed by atoms with Gasteiger partial charge in [0.1, 0.15) is 0 Å². The molecule has 1 aliphatic rings. The molecule has 2 atom stereocenters. The summed E-state index contributed by atoms with van der Waals surface area (Å²) in [6, 6.07) is 16.2. The van der Waals surface area contributed by atoms with Gasteiger partial charge in [0.05, 0.1) is 25.0 Å². The van der Waals surface area contributed by atoms with Crippen molar-refractivity contribution in [3.05, 3.63) is 54.1 Å². The molecule has 25 heavy (non-hydrogen) atoms. The zero-order chi connectivity index (χ0) is 17.6. The van der Waals surface area contributed by atoms with Crippen LogP contribution in [0.4, 0.5) is 0 Å². The van der Waals surface area contributed by atoms with Gasteiger partial charge in [-0.05, 0) is 49.2 Å². The molecule has 1 fully saturated rings. The molecule has 0 bridgehead atoms. The Labute approximate surface area is 152 Å². The summed E-state index contributed by atoms with van der Waals surface area (Å²) in [5.41, 5.74) is 1.24. The summed E-state index contributed by atoms with van der Waals surface area (Å²) in [5, 5.41) is 0. The van der Waals surface area contributed by atoms with Gasteiger partial charge >= 0.3 is 0 Å². The molecule has 5 heteroatoms. The van der Waals surface area contributed by atoms with Crippen LogP contribution in [0.15, 0.2) is 53.4 Å². The molecule has 3 rings (SSSR count). The van der Waals surface area contributed by atoms with E-state index < -0.39 is 10.8 Å². The third kappa shape index (κ3) is 4.22. The minimum absolute atomic E-state index is 0.354. The van der Waals surface area contributed by atoms with Crippen molar-refractivity contribution in [1.29, 1.82) is 0 Å². The maximum atomic E-state index is 12.5. The molecule has 1 aliphatic heterocycles. The lowest BCUT2D eigenvalue weighted by Gasteiger charge is -2.25. The number of hydrogen-bond donors (Lipinski definition) is 0. The van der Waals surface area contributed by atoms with Crippen molar-refractivity contribution in [2.75, 3.05) is 33.1 Å². The fourth-order valence-electron chi connectivity index (χ4n) is 3.42. The van der Waals surface area contributed by atoms with Gasteiger partial charge in [-0.1, -0.05) is 24.3 Å². The number of methoxy groups -OCH3 is 2. The molecule has 2 aromatic carbocycles. The third-order valence-electron chi connectivity index (χ3n) is 4.73. The number of hydrogen-bond acceptors (Lipinski definition) is 4. The maximum Gasteiger partial charge on any atom is 0.161 e. The second kappa shape index (κ2) is 8.50. The van der Waals surface area contributed by atoms with Crippen LogP contribution in [0.25, 0.3) is 0 Å². The lowest BCUT2D eigenvalue weighted by Crippen LogP contribution is -2.27. The topological polar surface area (TPSA) is 38.8 Å². The first-order valence-corrected chi connectivity index (χ1v) is 9.94. The van der Waals surface area contributed by atoms with E-state index in [4.69, 9.17) is 9.47 Å². The molecule has 0 N–H and O–H groups in total. The van der Waals surface area contributed by atoms with Gasteiger partial charge < -0.3 is 9.47 Å². The van der Waals surface area contributed by atoms with E-state index in [-0.39, 0.29) is 0 Å². The standard InChI is InChI=1S/C20H25NO3S/c1-23-19-11-10-16(15-20(19)24-2)18-9-6-12-21(18)13-14-25(22)17-7-4-3-5-8-17/h3-5,7-8,10-11,15,18H,6,9,12-14H2,1-2H3/t18-,25?/m0/s1. The van der Waals surface area contributed by atoms with Crippen LogP contribution < -0.4 is 9.47 Å². The highest BCUT2D eigenvalue weighted by Gasteiger charge is 2.27. The molecule has 0 aromatic heterocycles. The van der Waals surface area contributed by atoms with E-state index in [0.29, 0.717) is 11.8 Å². The molecule has 1 heterocycles. The van der Waals surface area contributed by atoms with Crippen molar-refractivity contribution in [3.63, 3.8) is 0 Å². The number of ether oxygens (including phenoxy) is 2. The van der Waals surface area contributed by atoms with Crippen LogP contribution in [0.5, 0.6) is 11.5 Å². The fourth-order valence-corrected chi connectivity index (χ4v) is 4.52. The van der Waals surface area contributed by atoms with Gasteiger partial charge in [0.15, 0.2) is 11.5 Å². The van der Waals surface area contributed by atoms with E-state index in [1.165, 1.54) is 5.56 Å². The highest BCUT2D eigenvalue weighted by Crippen LogP contribution is 2.36. The molecule has 0 aliphatic carbocycles. The second-order valence-corrected chi connectivity index (χ2v) is 7.74. The highest BCUT2D eigenvalue weighted by atomic mass is 32.2. The van der Waals surface area contributed by atoms with Gasteiger partial charge in [-0.25, -0.2) is 0 Å². The smallest absolute Gasteiger partial charge is 0.161 e. The lowest BCUT2D eigenvalue weighted by atomic mass is 10.0. The average Bonchev–Trinajstić information content (AvgIpc) is 3.14.